The Hall–Kier alpha value is -1.68. The fourth-order valence-electron chi connectivity index (χ4n) is 1.71. The third kappa shape index (κ3) is 3.17. The minimum absolute atomic E-state index is 0. The molecule has 0 amide bonds. The molecule has 0 radical (unpaired) electrons. The van der Waals surface area contributed by atoms with Gasteiger partial charge in [0.15, 0.2) is 0 Å². The molecule has 1 heterocycles. The van der Waals surface area contributed by atoms with Crippen molar-refractivity contribution in [2.75, 3.05) is 5.32 Å². The largest absolute Gasteiger partial charge is 0.508 e. The molecule has 1 aromatic heterocycles. The van der Waals surface area contributed by atoms with Gasteiger partial charge in [0.25, 0.3) is 0 Å². The van der Waals surface area contributed by atoms with Crippen molar-refractivity contribution in [3.63, 3.8) is 0 Å². The summed E-state index contributed by atoms with van der Waals surface area (Å²) < 4.78 is 1.92. The van der Waals surface area contributed by atoms with Gasteiger partial charge in [-0.15, -0.1) is 12.4 Å². The number of nitrogens with one attached hydrogen (secondary N) is 1. The van der Waals surface area contributed by atoms with Gasteiger partial charge in [-0.3, -0.25) is 0 Å². The topological polar surface area (TPSA) is 50.1 Å². The lowest BCUT2D eigenvalue weighted by atomic mass is 10.2. The summed E-state index contributed by atoms with van der Waals surface area (Å²) in [5.74, 6) is 1.28. The van der Waals surface area contributed by atoms with Gasteiger partial charge in [-0.2, -0.15) is 5.10 Å². The molecule has 0 bridgehead atoms. The summed E-state index contributed by atoms with van der Waals surface area (Å²) in [6, 6.07) is 9.57. The zero-order valence-corrected chi connectivity index (χ0v) is 11.3. The van der Waals surface area contributed by atoms with E-state index in [4.69, 9.17) is 0 Å². The highest BCUT2D eigenvalue weighted by atomic mass is 35.5. The zero-order chi connectivity index (χ0) is 12.3. The van der Waals surface area contributed by atoms with E-state index in [9.17, 15) is 5.11 Å². The van der Waals surface area contributed by atoms with Gasteiger partial charge < -0.3 is 10.4 Å². The summed E-state index contributed by atoms with van der Waals surface area (Å²) >= 11 is 0. The minimum atomic E-state index is 0. The maximum Gasteiger partial charge on any atom is 0.124 e. The third-order valence-corrected chi connectivity index (χ3v) is 2.61. The fourth-order valence-corrected chi connectivity index (χ4v) is 1.71. The molecular formula is C13H18ClN3O. The highest BCUT2D eigenvalue weighted by Gasteiger charge is 2.06. The fraction of sp³-hybridized carbons (Fsp3) is 0.308. The summed E-state index contributed by atoms with van der Waals surface area (Å²) in [5, 5.41) is 17.2. The van der Waals surface area contributed by atoms with Crippen LogP contribution in [0.3, 0.4) is 0 Å². The van der Waals surface area contributed by atoms with Gasteiger partial charge in [0.2, 0.25) is 0 Å². The van der Waals surface area contributed by atoms with Crippen LogP contribution in [0.25, 0.3) is 0 Å². The number of hydrogen-bond acceptors (Lipinski definition) is 3. The van der Waals surface area contributed by atoms with Crippen molar-refractivity contribution in [2.24, 2.45) is 0 Å². The molecule has 2 N–H and O–H groups in total. The Morgan fingerprint density at radius 3 is 2.67 bits per heavy atom. The van der Waals surface area contributed by atoms with E-state index in [1.54, 1.807) is 12.3 Å². The molecule has 4 nitrogen and oxygen atoms in total. The molecule has 0 aliphatic heterocycles. The van der Waals surface area contributed by atoms with Crippen LogP contribution in [0.1, 0.15) is 25.5 Å². The summed E-state index contributed by atoms with van der Waals surface area (Å²) in [6.45, 7) is 4.75. The number of rotatable bonds is 4. The summed E-state index contributed by atoms with van der Waals surface area (Å²) in [5.41, 5.74) is 0.879. The smallest absolute Gasteiger partial charge is 0.124 e. The molecular weight excluding hydrogens is 250 g/mol. The lowest BCUT2D eigenvalue weighted by Crippen LogP contribution is -2.09. The average Bonchev–Trinajstić information content (AvgIpc) is 2.76. The summed E-state index contributed by atoms with van der Waals surface area (Å²) in [4.78, 5) is 0. The normalized spacial score (nSPS) is 10.2. The molecule has 5 heteroatoms. The molecule has 2 rings (SSSR count). The molecule has 0 atom stereocenters. The number of hydrogen-bond donors (Lipinski definition) is 2. The van der Waals surface area contributed by atoms with Crippen molar-refractivity contribution in [1.82, 2.24) is 9.78 Å². The van der Waals surface area contributed by atoms with Crippen LogP contribution in [0.4, 0.5) is 5.82 Å². The average molecular weight is 268 g/mol. The zero-order valence-electron chi connectivity index (χ0n) is 10.5. The van der Waals surface area contributed by atoms with Gasteiger partial charge >= 0.3 is 0 Å². The van der Waals surface area contributed by atoms with Crippen molar-refractivity contribution >= 4 is 18.2 Å². The van der Waals surface area contributed by atoms with Crippen molar-refractivity contribution in [3.05, 3.63) is 42.1 Å². The lowest BCUT2D eigenvalue weighted by molar-refractivity contribution is 0.469. The number of phenols is 1. The second kappa shape index (κ2) is 6.31. The Morgan fingerprint density at radius 2 is 2.00 bits per heavy atom. The maximum absolute atomic E-state index is 9.66. The van der Waals surface area contributed by atoms with E-state index in [0.29, 0.717) is 18.3 Å². The van der Waals surface area contributed by atoms with E-state index < -0.39 is 0 Å². The number of nitrogens with zero attached hydrogens (tertiary/aromatic N) is 2. The Morgan fingerprint density at radius 1 is 1.28 bits per heavy atom. The predicted octanol–water partition coefficient (Wildman–Crippen LogP) is 3.20. The van der Waals surface area contributed by atoms with Crippen LogP contribution >= 0.6 is 12.4 Å². The van der Waals surface area contributed by atoms with Gasteiger partial charge in [-0.1, -0.05) is 18.2 Å². The number of aromatic hydroxyl groups is 1. The van der Waals surface area contributed by atoms with Crippen molar-refractivity contribution in [2.45, 2.75) is 26.4 Å². The molecule has 18 heavy (non-hydrogen) atoms. The Labute approximate surface area is 113 Å². The van der Waals surface area contributed by atoms with Crippen LogP contribution in [0, 0.1) is 0 Å². The first-order valence-electron chi connectivity index (χ1n) is 5.72. The molecule has 1 aromatic carbocycles. The van der Waals surface area contributed by atoms with E-state index in [2.05, 4.69) is 24.3 Å². The van der Waals surface area contributed by atoms with Crippen LogP contribution < -0.4 is 5.32 Å². The quantitative estimate of drug-likeness (QED) is 0.894. The Bertz CT molecular complexity index is 496. The van der Waals surface area contributed by atoms with Crippen LogP contribution in [-0.4, -0.2) is 14.9 Å². The van der Waals surface area contributed by atoms with Gasteiger partial charge in [-0.25, -0.2) is 4.68 Å². The van der Waals surface area contributed by atoms with E-state index >= 15 is 0 Å². The van der Waals surface area contributed by atoms with E-state index in [1.165, 1.54) is 0 Å². The van der Waals surface area contributed by atoms with E-state index in [1.807, 2.05) is 28.9 Å². The van der Waals surface area contributed by atoms with E-state index in [-0.39, 0.29) is 12.4 Å². The number of phenolic OH excluding ortho intramolecular Hbond substituents is 1. The number of halogens is 1. The first-order chi connectivity index (χ1) is 8.18. The SMILES string of the molecule is CC(C)n1nccc1NCc1ccccc1O.Cl. The number of para-hydroxylation sites is 1. The van der Waals surface area contributed by atoms with Gasteiger partial charge in [0.1, 0.15) is 11.6 Å². The molecule has 2 aromatic rings. The Balaban J connectivity index is 0.00000162. The molecule has 0 saturated heterocycles. The monoisotopic (exact) mass is 267 g/mol. The first kappa shape index (κ1) is 14.4. The van der Waals surface area contributed by atoms with Crippen LogP contribution in [0.15, 0.2) is 36.5 Å². The molecule has 0 aliphatic carbocycles. The molecule has 0 aliphatic rings. The highest BCUT2D eigenvalue weighted by molar-refractivity contribution is 5.85. The molecule has 0 saturated carbocycles. The summed E-state index contributed by atoms with van der Waals surface area (Å²) in [6.07, 6.45) is 1.77. The van der Waals surface area contributed by atoms with Crippen molar-refractivity contribution in [3.8, 4) is 5.75 Å². The highest BCUT2D eigenvalue weighted by Crippen LogP contribution is 2.18. The Kier molecular flexibility index (Phi) is 5.04. The van der Waals surface area contributed by atoms with Crippen molar-refractivity contribution in [1.29, 1.82) is 0 Å². The second-order valence-corrected chi connectivity index (χ2v) is 4.24. The predicted molar refractivity (Wildman–Crippen MR) is 75.3 cm³/mol. The molecule has 98 valence electrons. The first-order valence-corrected chi connectivity index (χ1v) is 5.72. The van der Waals surface area contributed by atoms with Crippen molar-refractivity contribution < 1.29 is 5.11 Å². The van der Waals surface area contributed by atoms with Gasteiger partial charge in [0, 0.05) is 24.2 Å². The van der Waals surface area contributed by atoms with Gasteiger partial charge in [0.05, 0.1) is 6.20 Å². The summed E-state index contributed by atoms with van der Waals surface area (Å²) in [7, 11) is 0. The molecule has 0 unspecified atom stereocenters. The van der Waals surface area contributed by atoms with Crippen LogP contribution in [-0.2, 0) is 6.54 Å². The molecule has 0 spiro atoms. The minimum Gasteiger partial charge on any atom is -0.508 e. The third-order valence-electron chi connectivity index (χ3n) is 2.61. The number of anilines is 1. The lowest BCUT2D eigenvalue weighted by Gasteiger charge is -2.13. The number of aromatic nitrogens is 2. The second-order valence-electron chi connectivity index (χ2n) is 4.24. The van der Waals surface area contributed by atoms with Gasteiger partial charge in [-0.05, 0) is 19.9 Å². The van der Waals surface area contributed by atoms with Crippen LogP contribution in [0.2, 0.25) is 0 Å². The van der Waals surface area contributed by atoms with E-state index in [0.717, 1.165) is 11.4 Å². The number of benzene rings is 1. The standard InChI is InChI=1S/C13H17N3O.ClH/c1-10(2)16-13(7-8-15-16)14-9-11-5-3-4-6-12(11)17;/h3-8,10,14,17H,9H2,1-2H3;1H. The molecule has 0 fully saturated rings. The maximum atomic E-state index is 9.66. The van der Waals surface area contributed by atoms with Crippen LogP contribution in [0.5, 0.6) is 5.75 Å².